The van der Waals surface area contributed by atoms with Crippen LogP contribution in [0.3, 0.4) is 0 Å². The molecule has 0 unspecified atom stereocenters. The highest BCUT2D eigenvalue weighted by atomic mass is 32.2. The highest BCUT2D eigenvalue weighted by molar-refractivity contribution is 8.01. The van der Waals surface area contributed by atoms with Gasteiger partial charge in [-0.25, -0.2) is 0 Å². The Kier molecular flexibility index (Phi) is 7.25. The van der Waals surface area contributed by atoms with E-state index in [1.54, 1.807) is 11.8 Å². The fourth-order valence-corrected chi connectivity index (χ4v) is 3.96. The predicted octanol–water partition coefficient (Wildman–Crippen LogP) is 4.70. The number of ether oxygens (including phenoxy) is 1. The van der Waals surface area contributed by atoms with Crippen LogP contribution in [0.1, 0.15) is 38.3 Å². The lowest BCUT2D eigenvalue weighted by atomic mass is 10.1. The molecular formula is C18H25N3O2S2. The number of nitrogens with one attached hydrogen (secondary N) is 1. The van der Waals surface area contributed by atoms with Gasteiger partial charge in [-0.1, -0.05) is 49.9 Å². The van der Waals surface area contributed by atoms with Crippen LogP contribution >= 0.6 is 23.1 Å². The van der Waals surface area contributed by atoms with Crippen LogP contribution < -0.4 is 10.1 Å². The number of hydrogen-bond donors (Lipinski definition) is 1. The summed E-state index contributed by atoms with van der Waals surface area (Å²) in [5, 5.41) is 11.5. The van der Waals surface area contributed by atoms with Gasteiger partial charge in [0.15, 0.2) is 10.4 Å². The van der Waals surface area contributed by atoms with Crippen molar-refractivity contribution >= 4 is 34.1 Å². The molecule has 1 N–H and O–H groups in total. The number of benzene rings is 1. The zero-order valence-electron chi connectivity index (χ0n) is 15.3. The van der Waals surface area contributed by atoms with Crippen LogP contribution in [0.25, 0.3) is 0 Å². The summed E-state index contributed by atoms with van der Waals surface area (Å²) in [7, 11) is 0. The van der Waals surface area contributed by atoms with Gasteiger partial charge in [-0.2, -0.15) is 0 Å². The Morgan fingerprint density at radius 2 is 1.92 bits per heavy atom. The molecule has 0 saturated heterocycles. The molecule has 0 aliphatic heterocycles. The fourth-order valence-electron chi connectivity index (χ4n) is 2.23. The summed E-state index contributed by atoms with van der Waals surface area (Å²) in [6, 6.07) is 5.95. The standard InChI is InChI=1S/C18H25N3O2S2/c1-6-15(23-14-8-12(4)7-13(5)9-14)16(22)19-17-20-21-18(25-17)24-10-11(2)3/h7-9,11,15H,6,10H2,1-5H3,(H,19,20,22)/t15-/m0/s1. The van der Waals surface area contributed by atoms with E-state index in [0.29, 0.717) is 23.2 Å². The van der Waals surface area contributed by atoms with Crippen LogP contribution in [0.5, 0.6) is 5.75 Å². The number of carbonyl (C=O) groups is 1. The molecule has 5 nitrogen and oxygen atoms in total. The van der Waals surface area contributed by atoms with Crippen molar-refractivity contribution in [2.45, 2.75) is 51.5 Å². The minimum Gasteiger partial charge on any atom is -0.481 e. The summed E-state index contributed by atoms with van der Waals surface area (Å²) < 4.78 is 6.75. The number of anilines is 1. The molecular weight excluding hydrogens is 354 g/mol. The first-order chi connectivity index (χ1) is 11.9. The Bertz CT molecular complexity index is 696. The number of amides is 1. The summed E-state index contributed by atoms with van der Waals surface area (Å²) in [4.78, 5) is 12.5. The maximum Gasteiger partial charge on any atom is 0.267 e. The zero-order valence-corrected chi connectivity index (χ0v) is 17.0. The predicted molar refractivity (Wildman–Crippen MR) is 105 cm³/mol. The van der Waals surface area contributed by atoms with Crippen LogP contribution in [-0.2, 0) is 4.79 Å². The summed E-state index contributed by atoms with van der Waals surface area (Å²) in [5.41, 5.74) is 2.22. The second-order valence-corrected chi connectivity index (χ2v) is 8.65. The molecule has 2 aromatic rings. The number of aromatic nitrogens is 2. The average molecular weight is 380 g/mol. The van der Waals surface area contributed by atoms with Crippen molar-refractivity contribution in [1.82, 2.24) is 10.2 Å². The van der Waals surface area contributed by atoms with Gasteiger partial charge in [0.1, 0.15) is 5.75 Å². The van der Waals surface area contributed by atoms with E-state index in [4.69, 9.17) is 4.74 Å². The molecule has 7 heteroatoms. The molecule has 0 bridgehead atoms. The third kappa shape index (κ3) is 6.32. The molecule has 0 fully saturated rings. The van der Waals surface area contributed by atoms with Gasteiger partial charge in [0.25, 0.3) is 5.91 Å². The van der Waals surface area contributed by atoms with Crippen molar-refractivity contribution in [3.63, 3.8) is 0 Å². The van der Waals surface area contributed by atoms with Crippen LogP contribution in [0.4, 0.5) is 5.13 Å². The lowest BCUT2D eigenvalue weighted by molar-refractivity contribution is -0.122. The molecule has 0 spiro atoms. The minimum atomic E-state index is -0.558. The van der Waals surface area contributed by atoms with Crippen LogP contribution in [0.2, 0.25) is 0 Å². The lowest BCUT2D eigenvalue weighted by Gasteiger charge is -2.17. The van der Waals surface area contributed by atoms with Crippen molar-refractivity contribution in [2.75, 3.05) is 11.1 Å². The van der Waals surface area contributed by atoms with Crippen LogP contribution in [0.15, 0.2) is 22.5 Å². The first kappa shape index (κ1) is 19.7. The molecule has 1 amide bonds. The van der Waals surface area contributed by atoms with Crippen molar-refractivity contribution in [1.29, 1.82) is 0 Å². The third-order valence-electron chi connectivity index (χ3n) is 3.31. The number of hydrogen-bond acceptors (Lipinski definition) is 6. The second-order valence-electron chi connectivity index (χ2n) is 6.41. The monoisotopic (exact) mass is 379 g/mol. The van der Waals surface area contributed by atoms with Gasteiger partial charge < -0.3 is 4.74 Å². The Morgan fingerprint density at radius 3 is 2.52 bits per heavy atom. The van der Waals surface area contributed by atoms with E-state index in [1.165, 1.54) is 11.3 Å². The maximum absolute atomic E-state index is 12.5. The molecule has 1 aromatic carbocycles. The van der Waals surface area contributed by atoms with Crippen LogP contribution in [0, 0.1) is 19.8 Å². The van der Waals surface area contributed by atoms with Gasteiger partial charge in [-0.05, 0) is 49.4 Å². The zero-order chi connectivity index (χ0) is 18.4. The quantitative estimate of drug-likeness (QED) is 0.532. The summed E-state index contributed by atoms with van der Waals surface area (Å²) in [6.07, 6.45) is 0.0175. The van der Waals surface area contributed by atoms with Gasteiger partial charge in [0, 0.05) is 5.75 Å². The first-order valence-electron chi connectivity index (χ1n) is 8.39. The summed E-state index contributed by atoms with van der Waals surface area (Å²) in [6.45, 7) is 10.3. The molecule has 0 aliphatic carbocycles. The number of carbonyl (C=O) groups excluding carboxylic acids is 1. The fraction of sp³-hybridized carbons (Fsp3) is 0.500. The van der Waals surface area contributed by atoms with Crippen molar-refractivity contribution in [3.05, 3.63) is 29.3 Å². The Balaban J connectivity index is 1.97. The van der Waals surface area contributed by atoms with Gasteiger partial charge >= 0.3 is 0 Å². The first-order valence-corrected chi connectivity index (χ1v) is 10.2. The normalized spacial score (nSPS) is 12.2. The Morgan fingerprint density at radius 1 is 1.24 bits per heavy atom. The van der Waals surface area contributed by atoms with Gasteiger partial charge in [-0.15, -0.1) is 10.2 Å². The van der Waals surface area contributed by atoms with Gasteiger partial charge in [0.2, 0.25) is 5.13 Å². The third-order valence-corrected chi connectivity index (χ3v) is 5.71. The largest absolute Gasteiger partial charge is 0.481 e. The van der Waals surface area contributed by atoms with E-state index >= 15 is 0 Å². The van der Waals surface area contributed by atoms with E-state index in [-0.39, 0.29) is 5.91 Å². The molecule has 2 rings (SSSR count). The summed E-state index contributed by atoms with van der Waals surface area (Å²) >= 11 is 3.05. The highest BCUT2D eigenvalue weighted by Gasteiger charge is 2.20. The van der Waals surface area contributed by atoms with Gasteiger partial charge in [0.05, 0.1) is 0 Å². The molecule has 1 heterocycles. The topological polar surface area (TPSA) is 64.1 Å². The van der Waals surface area contributed by atoms with Crippen molar-refractivity contribution < 1.29 is 9.53 Å². The molecule has 0 saturated carbocycles. The average Bonchev–Trinajstić information content (AvgIpc) is 2.97. The van der Waals surface area contributed by atoms with Crippen LogP contribution in [-0.4, -0.2) is 28.0 Å². The number of nitrogens with zero attached hydrogens (tertiary/aromatic N) is 2. The summed E-state index contributed by atoms with van der Waals surface area (Å²) in [5.74, 6) is 2.08. The van der Waals surface area contributed by atoms with E-state index < -0.39 is 6.10 Å². The minimum absolute atomic E-state index is 0.196. The van der Waals surface area contributed by atoms with E-state index in [0.717, 1.165) is 21.2 Å². The molecule has 0 aliphatic rings. The Hall–Kier alpha value is -1.60. The van der Waals surface area contributed by atoms with E-state index in [2.05, 4.69) is 35.4 Å². The SMILES string of the molecule is CC[C@H](Oc1cc(C)cc(C)c1)C(=O)Nc1nnc(SCC(C)C)s1. The number of rotatable bonds is 8. The molecule has 136 valence electrons. The van der Waals surface area contributed by atoms with E-state index in [9.17, 15) is 4.79 Å². The highest BCUT2D eigenvalue weighted by Crippen LogP contribution is 2.27. The number of aryl methyl sites for hydroxylation is 2. The molecule has 1 atom stereocenters. The van der Waals surface area contributed by atoms with Gasteiger partial charge in [-0.3, -0.25) is 10.1 Å². The number of thioether (sulfide) groups is 1. The maximum atomic E-state index is 12.5. The molecule has 25 heavy (non-hydrogen) atoms. The smallest absolute Gasteiger partial charge is 0.267 e. The van der Waals surface area contributed by atoms with Crippen molar-refractivity contribution in [3.8, 4) is 5.75 Å². The second kappa shape index (κ2) is 9.20. The lowest BCUT2D eigenvalue weighted by Crippen LogP contribution is -2.32. The molecule has 1 aromatic heterocycles. The van der Waals surface area contributed by atoms with E-state index in [1.807, 2.05) is 32.9 Å². The molecule has 0 radical (unpaired) electrons. The Labute approximate surface area is 157 Å². The van der Waals surface area contributed by atoms with Crippen molar-refractivity contribution in [2.24, 2.45) is 5.92 Å².